The van der Waals surface area contributed by atoms with E-state index in [0.29, 0.717) is 5.56 Å². The summed E-state index contributed by atoms with van der Waals surface area (Å²) in [6, 6.07) is 17.7. The lowest BCUT2D eigenvalue weighted by atomic mass is 10.2. The molecule has 0 radical (unpaired) electrons. The van der Waals surface area contributed by atoms with Gasteiger partial charge in [0.25, 0.3) is 0 Å². The van der Waals surface area contributed by atoms with Crippen LogP contribution >= 0.6 is 0 Å². The highest BCUT2D eigenvalue weighted by molar-refractivity contribution is 5.78. The van der Waals surface area contributed by atoms with Gasteiger partial charge in [-0.25, -0.2) is 4.98 Å². The summed E-state index contributed by atoms with van der Waals surface area (Å²) in [6.07, 6.45) is 1.78. The van der Waals surface area contributed by atoms with Crippen molar-refractivity contribution in [3.05, 3.63) is 60.4 Å². The minimum Gasteiger partial charge on any atom is -0.299 e. The molecule has 0 bridgehead atoms. The monoisotopic (exact) mass is 219 g/mol. The van der Waals surface area contributed by atoms with Gasteiger partial charge in [-0.3, -0.25) is 4.57 Å². The van der Waals surface area contributed by atoms with Crippen LogP contribution in [0.15, 0.2) is 54.9 Å². The Morgan fingerprint density at radius 2 is 1.88 bits per heavy atom. The summed E-state index contributed by atoms with van der Waals surface area (Å²) >= 11 is 0. The van der Waals surface area contributed by atoms with Gasteiger partial charge >= 0.3 is 0 Å². The molecule has 0 N–H and O–H groups in total. The highest BCUT2D eigenvalue weighted by atomic mass is 15.0. The zero-order valence-corrected chi connectivity index (χ0v) is 9.04. The second-order valence-electron chi connectivity index (χ2n) is 3.77. The van der Waals surface area contributed by atoms with E-state index in [-0.39, 0.29) is 0 Å². The lowest BCUT2D eigenvalue weighted by Crippen LogP contribution is -1.90. The molecule has 3 heteroatoms. The number of rotatable bonds is 1. The van der Waals surface area contributed by atoms with Crippen LogP contribution in [-0.4, -0.2) is 9.55 Å². The van der Waals surface area contributed by atoms with Crippen LogP contribution in [0.3, 0.4) is 0 Å². The Labute approximate surface area is 98.6 Å². The van der Waals surface area contributed by atoms with Crippen molar-refractivity contribution >= 4 is 11.0 Å². The number of nitrogens with zero attached hydrogens (tertiary/aromatic N) is 3. The Morgan fingerprint density at radius 1 is 1.06 bits per heavy atom. The summed E-state index contributed by atoms with van der Waals surface area (Å²) in [7, 11) is 0. The van der Waals surface area contributed by atoms with Crippen molar-refractivity contribution in [3.8, 4) is 11.8 Å². The van der Waals surface area contributed by atoms with Crippen molar-refractivity contribution in [2.75, 3.05) is 0 Å². The van der Waals surface area contributed by atoms with Crippen LogP contribution in [0.4, 0.5) is 0 Å². The predicted molar refractivity (Wildman–Crippen MR) is 65.8 cm³/mol. The standard InChI is InChI=1S/C14H9N3/c15-9-11-6-7-14-13(8-11)16-10-17(14)12-4-2-1-3-5-12/h1-8,10H. The predicted octanol–water partition coefficient (Wildman–Crippen LogP) is 2.90. The maximum absolute atomic E-state index is 8.84. The Morgan fingerprint density at radius 3 is 2.65 bits per heavy atom. The largest absolute Gasteiger partial charge is 0.299 e. The van der Waals surface area contributed by atoms with E-state index < -0.39 is 0 Å². The van der Waals surface area contributed by atoms with E-state index in [9.17, 15) is 0 Å². The molecule has 3 aromatic rings. The molecule has 0 aliphatic heterocycles. The van der Waals surface area contributed by atoms with Crippen LogP contribution in [0, 0.1) is 11.3 Å². The molecule has 0 saturated carbocycles. The van der Waals surface area contributed by atoms with Crippen LogP contribution in [0.2, 0.25) is 0 Å². The van der Waals surface area contributed by atoms with E-state index in [1.807, 2.05) is 47.0 Å². The van der Waals surface area contributed by atoms with Crippen LogP contribution < -0.4 is 0 Å². The van der Waals surface area contributed by atoms with Crippen molar-refractivity contribution in [3.63, 3.8) is 0 Å². The van der Waals surface area contributed by atoms with E-state index in [1.165, 1.54) is 0 Å². The van der Waals surface area contributed by atoms with Gasteiger partial charge in [0.05, 0.1) is 22.7 Å². The summed E-state index contributed by atoms with van der Waals surface area (Å²) in [5, 5.41) is 8.84. The van der Waals surface area contributed by atoms with Crippen molar-refractivity contribution < 1.29 is 0 Å². The van der Waals surface area contributed by atoms with E-state index in [2.05, 4.69) is 11.1 Å². The number of nitriles is 1. The van der Waals surface area contributed by atoms with E-state index in [4.69, 9.17) is 5.26 Å². The number of para-hydroxylation sites is 1. The number of hydrogen-bond donors (Lipinski definition) is 0. The molecular weight excluding hydrogens is 210 g/mol. The number of hydrogen-bond acceptors (Lipinski definition) is 2. The lowest BCUT2D eigenvalue weighted by molar-refractivity contribution is 1.09. The maximum Gasteiger partial charge on any atom is 0.100 e. The van der Waals surface area contributed by atoms with Crippen molar-refractivity contribution in [2.24, 2.45) is 0 Å². The topological polar surface area (TPSA) is 41.6 Å². The summed E-state index contributed by atoms with van der Waals surface area (Å²) in [5.41, 5.74) is 3.55. The maximum atomic E-state index is 8.84. The fourth-order valence-electron chi connectivity index (χ4n) is 1.88. The smallest absolute Gasteiger partial charge is 0.100 e. The molecule has 0 fully saturated rings. The minimum absolute atomic E-state index is 0.635. The Hall–Kier alpha value is -2.60. The number of fused-ring (bicyclic) bond motifs is 1. The molecule has 80 valence electrons. The van der Waals surface area contributed by atoms with Gasteiger partial charge in [0.1, 0.15) is 6.33 Å². The first-order valence-corrected chi connectivity index (χ1v) is 5.31. The van der Waals surface area contributed by atoms with Gasteiger partial charge in [-0.05, 0) is 30.3 Å². The van der Waals surface area contributed by atoms with Crippen molar-refractivity contribution in [2.45, 2.75) is 0 Å². The van der Waals surface area contributed by atoms with E-state index >= 15 is 0 Å². The van der Waals surface area contributed by atoms with Crippen LogP contribution in [0.25, 0.3) is 16.7 Å². The molecule has 3 nitrogen and oxygen atoms in total. The second-order valence-corrected chi connectivity index (χ2v) is 3.77. The second kappa shape index (κ2) is 3.76. The molecule has 0 spiro atoms. The third-order valence-corrected chi connectivity index (χ3v) is 2.71. The first-order chi connectivity index (χ1) is 8.38. The molecule has 0 aliphatic carbocycles. The quantitative estimate of drug-likeness (QED) is 0.631. The van der Waals surface area contributed by atoms with Gasteiger partial charge in [-0.15, -0.1) is 0 Å². The molecule has 2 aromatic carbocycles. The molecule has 1 aromatic heterocycles. The molecular formula is C14H9N3. The molecule has 0 unspecified atom stereocenters. The zero-order chi connectivity index (χ0) is 11.7. The van der Waals surface area contributed by atoms with Gasteiger partial charge in [-0.2, -0.15) is 5.26 Å². The first-order valence-electron chi connectivity index (χ1n) is 5.31. The van der Waals surface area contributed by atoms with Crippen LogP contribution in [-0.2, 0) is 0 Å². The summed E-state index contributed by atoms with van der Waals surface area (Å²) in [6.45, 7) is 0. The normalized spacial score (nSPS) is 10.3. The third kappa shape index (κ3) is 1.56. The first kappa shape index (κ1) is 9.61. The van der Waals surface area contributed by atoms with Crippen molar-refractivity contribution in [1.82, 2.24) is 9.55 Å². The van der Waals surface area contributed by atoms with E-state index in [0.717, 1.165) is 16.7 Å². The summed E-state index contributed by atoms with van der Waals surface area (Å²) in [5.74, 6) is 0. The molecule has 17 heavy (non-hydrogen) atoms. The summed E-state index contributed by atoms with van der Waals surface area (Å²) in [4.78, 5) is 4.32. The molecule has 3 rings (SSSR count). The van der Waals surface area contributed by atoms with Gasteiger partial charge < -0.3 is 0 Å². The fourth-order valence-corrected chi connectivity index (χ4v) is 1.88. The highest BCUT2D eigenvalue weighted by Crippen LogP contribution is 2.18. The lowest BCUT2D eigenvalue weighted by Gasteiger charge is -2.03. The van der Waals surface area contributed by atoms with Crippen LogP contribution in [0.1, 0.15) is 5.56 Å². The average molecular weight is 219 g/mol. The number of benzene rings is 2. The van der Waals surface area contributed by atoms with E-state index in [1.54, 1.807) is 12.4 Å². The van der Waals surface area contributed by atoms with Gasteiger partial charge in [-0.1, -0.05) is 18.2 Å². The van der Waals surface area contributed by atoms with Crippen LogP contribution in [0.5, 0.6) is 0 Å². The average Bonchev–Trinajstić information content (AvgIpc) is 2.82. The zero-order valence-electron chi connectivity index (χ0n) is 9.04. The molecule has 0 aliphatic rings. The molecule has 1 heterocycles. The fraction of sp³-hybridized carbons (Fsp3) is 0. The third-order valence-electron chi connectivity index (χ3n) is 2.71. The number of aromatic nitrogens is 2. The Balaban J connectivity index is 2.23. The molecule has 0 saturated heterocycles. The molecule has 0 atom stereocenters. The highest BCUT2D eigenvalue weighted by Gasteiger charge is 2.04. The van der Waals surface area contributed by atoms with Gasteiger partial charge in [0, 0.05) is 5.69 Å². The SMILES string of the molecule is N#Cc1ccc2c(c1)ncn2-c1ccccc1. The van der Waals surface area contributed by atoms with Crippen molar-refractivity contribution in [1.29, 1.82) is 5.26 Å². The van der Waals surface area contributed by atoms with Gasteiger partial charge in [0.15, 0.2) is 0 Å². The summed E-state index contributed by atoms with van der Waals surface area (Å²) < 4.78 is 2.01. The molecule has 0 amide bonds. The minimum atomic E-state index is 0.635. The Kier molecular flexibility index (Phi) is 2.13. The Bertz CT molecular complexity index is 705. The van der Waals surface area contributed by atoms with Gasteiger partial charge in [0.2, 0.25) is 0 Å². The number of imidazole rings is 1.